The predicted molar refractivity (Wildman–Crippen MR) is 98.2 cm³/mol. The molecule has 0 aromatic heterocycles. The predicted octanol–water partition coefficient (Wildman–Crippen LogP) is 3.62. The summed E-state index contributed by atoms with van der Waals surface area (Å²) >= 11 is 0. The minimum Gasteiger partial charge on any atom is -0.459 e. The van der Waals surface area contributed by atoms with E-state index in [0.717, 1.165) is 38.0 Å². The zero-order chi connectivity index (χ0) is 17.9. The number of rotatable bonds is 5. The van der Waals surface area contributed by atoms with Crippen molar-refractivity contribution >= 4 is 11.7 Å². The lowest BCUT2D eigenvalue weighted by Crippen LogP contribution is -2.52. The van der Waals surface area contributed by atoms with E-state index in [1.165, 1.54) is 12.1 Å². The second-order valence-corrected chi connectivity index (χ2v) is 7.11. The first-order chi connectivity index (χ1) is 12.7. The molecule has 3 aliphatic heterocycles. The molecule has 136 valence electrons. The molecule has 0 radical (unpaired) electrons. The number of carbonyl (C=O) groups excluding carboxylic acids is 1. The van der Waals surface area contributed by atoms with Crippen LogP contribution in [0.1, 0.15) is 24.4 Å². The zero-order valence-electron chi connectivity index (χ0n) is 14.6. The third-order valence-electron chi connectivity index (χ3n) is 5.39. The van der Waals surface area contributed by atoms with Gasteiger partial charge in [-0.1, -0.05) is 30.3 Å². The molecule has 3 heterocycles. The van der Waals surface area contributed by atoms with Crippen LogP contribution in [0.25, 0.3) is 0 Å². The topological polar surface area (TPSA) is 41.6 Å². The fourth-order valence-corrected chi connectivity index (χ4v) is 3.90. The van der Waals surface area contributed by atoms with Gasteiger partial charge >= 0.3 is 5.97 Å². The maximum atomic E-state index is 13.2. The number of fused-ring (bicyclic) bond motifs is 3. The Hall–Kier alpha value is -2.40. The van der Waals surface area contributed by atoms with Gasteiger partial charge in [0.15, 0.2) is 6.04 Å². The van der Waals surface area contributed by atoms with E-state index in [1.54, 1.807) is 12.1 Å². The molecule has 4 nitrogen and oxygen atoms in total. The number of nitrogens with zero attached hydrogens (tertiary/aromatic N) is 1. The van der Waals surface area contributed by atoms with Gasteiger partial charge in [-0.15, -0.1) is 0 Å². The highest BCUT2D eigenvalue weighted by molar-refractivity contribution is 5.81. The molecule has 2 aromatic carbocycles. The minimum atomic E-state index is -0.614. The number of nitrogens with one attached hydrogen (secondary N) is 1. The van der Waals surface area contributed by atoms with Gasteiger partial charge in [0.1, 0.15) is 11.9 Å². The number of esters is 1. The third kappa shape index (κ3) is 3.73. The van der Waals surface area contributed by atoms with Crippen molar-refractivity contribution in [2.24, 2.45) is 5.92 Å². The fourth-order valence-electron chi connectivity index (χ4n) is 3.90. The average molecular weight is 354 g/mol. The number of hydrogen-bond acceptors (Lipinski definition) is 4. The van der Waals surface area contributed by atoms with Crippen LogP contribution in [0.4, 0.5) is 10.1 Å². The monoisotopic (exact) mass is 354 g/mol. The molecule has 0 amide bonds. The molecule has 0 aliphatic carbocycles. The Kier molecular flexibility index (Phi) is 4.89. The van der Waals surface area contributed by atoms with Crippen LogP contribution >= 0.6 is 0 Å². The summed E-state index contributed by atoms with van der Waals surface area (Å²) < 4.78 is 19.1. The molecule has 5 rings (SSSR count). The van der Waals surface area contributed by atoms with Crippen LogP contribution < -0.4 is 5.32 Å². The summed E-state index contributed by atoms with van der Waals surface area (Å²) in [7, 11) is 0. The van der Waals surface area contributed by atoms with E-state index in [-0.39, 0.29) is 17.9 Å². The number of ether oxygens (including phenoxy) is 1. The van der Waals surface area contributed by atoms with E-state index < -0.39 is 6.04 Å². The molecular weight excluding hydrogens is 331 g/mol. The molecule has 2 atom stereocenters. The van der Waals surface area contributed by atoms with Crippen molar-refractivity contribution in [3.8, 4) is 0 Å². The number of benzene rings is 2. The van der Waals surface area contributed by atoms with E-state index in [0.29, 0.717) is 11.6 Å². The number of halogens is 1. The molecule has 3 fully saturated rings. The Morgan fingerprint density at radius 2 is 1.77 bits per heavy atom. The lowest BCUT2D eigenvalue weighted by molar-refractivity contribution is -0.159. The number of anilines is 1. The standard InChI is InChI=1S/C21H23FN2O2/c22-17-6-8-18(9-7-17)23-20(16-4-2-1-3-5-16)21(25)26-19-14-24-12-10-15(19)11-13-24/h1-9,15,19-20,23H,10-14H2/t19-,20?/m0/s1. The van der Waals surface area contributed by atoms with Gasteiger partial charge in [-0.3, -0.25) is 4.90 Å². The van der Waals surface area contributed by atoms with Gasteiger partial charge in [0.25, 0.3) is 0 Å². The molecule has 5 heteroatoms. The normalized spacial score (nSPS) is 25.5. The van der Waals surface area contributed by atoms with Crippen LogP contribution in [0.2, 0.25) is 0 Å². The molecule has 3 aliphatic rings. The minimum absolute atomic E-state index is 0.0359. The van der Waals surface area contributed by atoms with E-state index in [2.05, 4.69) is 10.2 Å². The average Bonchev–Trinajstić information content (AvgIpc) is 2.69. The zero-order valence-corrected chi connectivity index (χ0v) is 14.6. The van der Waals surface area contributed by atoms with Crippen molar-refractivity contribution in [1.82, 2.24) is 4.90 Å². The maximum absolute atomic E-state index is 13.2. The first-order valence-corrected chi connectivity index (χ1v) is 9.19. The summed E-state index contributed by atoms with van der Waals surface area (Å²) in [5.74, 6) is -0.118. The Labute approximate surface area is 153 Å². The summed E-state index contributed by atoms with van der Waals surface area (Å²) in [6.45, 7) is 3.04. The fraction of sp³-hybridized carbons (Fsp3) is 0.381. The van der Waals surface area contributed by atoms with Gasteiger partial charge < -0.3 is 10.1 Å². The van der Waals surface area contributed by atoms with Crippen LogP contribution in [-0.4, -0.2) is 36.6 Å². The number of piperidine rings is 3. The smallest absolute Gasteiger partial charge is 0.333 e. The van der Waals surface area contributed by atoms with Gasteiger partial charge in [0.05, 0.1) is 0 Å². The Bertz CT molecular complexity index is 742. The van der Waals surface area contributed by atoms with Gasteiger partial charge in [0.2, 0.25) is 0 Å². The lowest BCUT2D eigenvalue weighted by Gasteiger charge is -2.44. The second-order valence-electron chi connectivity index (χ2n) is 7.11. The van der Waals surface area contributed by atoms with Gasteiger partial charge in [0, 0.05) is 12.2 Å². The number of carbonyl (C=O) groups is 1. The molecule has 2 bridgehead atoms. The van der Waals surface area contributed by atoms with Crippen LogP contribution in [0, 0.1) is 11.7 Å². The summed E-state index contributed by atoms with van der Waals surface area (Å²) in [6, 6.07) is 14.9. The first-order valence-electron chi connectivity index (χ1n) is 9.19. The molecular formula is C21H23FN2O2. The Balaban J connectivity index is 1.52. The van der Waals surface area contributed by atoms with Crippen LogP contribution in [0.5, 0.6) is 0 Å². The van der Waals surface area contributed by atoms with Crippen molar-refractivity contribution in [3.63, 3.8) is 0 Å². The highest BCUT2D eigenvalue weighted by Crippen LogP contribution is 2.31. The first kappa shape index (κ1) is 17.0. The van der Waals surface area contributed by atoms with Crippen LogP contribution in [0.3, 0.4) is 0 Å². The largest absolute Gasteiger partial charge is 0.459 e. The van der Waals surface area contributed by atoms with E-state index in [9.17, 15) is 9.18 Å². The maximum Gasteiger partial charge on any atom is 0.333 e. The van der Waals surface area contributed by atoms with Gasteiger partial charge in [-0.05, 0) is 61.7 Å². The Morgan fingerprint density at radius 3 is 2.38 bits per heavy atom. The highest BCUT2D eigenvalue weighted by atomic mass is 19.1. The van der Waals surface area contributed by atoms with Crippen molar-refractivity contribution in [2.75, 3.05) is 25.0 Å². The molecule has 26 heavy (non-hydrogen) atoms. The van der Waals surface area contributed by atoms with Crippen molar-refractivity contribution < 1.29 is 13.9 Å². The highest BCUT2D eigenvalue weighted by Gasteiger charge is 2.37. The van der Waals surface area contributed by atoms with Crippen LogP contribution in [-0.2, 0) is 9.53 Å². The van der Waals surface area contributed by atoms with Crippen molar-refractivity contribution in [1.29, 1.82) is 0 Å². The van der Waals surface area contributed by atoms with Gasteiger partial charge in [-0.25, -0.2) is 9.18 Å². The van der Waals surface area contributed by atoms with Gasteiger partial charge in [-0.2, -0.15) is 0 Å². The molecule has 0 saturated carbocycles. The summed E-state index contributed by atoms with van der Waals surface area (Å²) in [6.07, 6.45) is 2.16. The molecule has 1 N–H and O–H groups in total. The van der Waals surface area contributed by atoms with Crippen molar-refractivity contribution in [3.05, 3.63) is 66.0 Å². The van der Waals surface area contributed by atoms with E-state index >= 15 is 0 Å². The molecule has 2 aromatic rings. The summed E-state index contributed by atoms with van der Waals surface area (Å²) in [5.41, 5.74) is 1.52. The van der Waals surface area contributed by atoms with Crippen molar-refractivity contribution in [2.45, 2.75) is 25.0 Å². The Morgan fingerprint density at radius 1 is 1.08 bits per heavy atom. The summed E-state index contributed by atoms with van der Waals surface area (Å²) in [5, 5.41) is 3.20. The van der Waals surface area contributed by atoms with E-state index in [4.69, 9.17) is 4.74 Å². The lowest BCUT2D eigenvalue weighted by atomic mass is 9.86. The molecule has 0 spiro atoms. The molecule has 1 unspecified atom stereocenters. The van der Waals surface area contributed by atoms with Crippen LogP contribution in [0.15, 0.2) is 54.6 Å². The summed E-state index contributed by atoms with van der Waals surface area (Å²) in [4.78, 5) is 15.3. The number of hydrogen-bond donors (Lipinski definition) is 1. The second kappa shape index (κ2) is 7.46. The molecule has 3 saturated heterocycles. The quantitative estimate of drug-likeness (QED) is 0.833. The van der Waals surface area contributed by atoms with E-state index in [1.807, 2.05) is 30.3 Å². The third-order valence-corrected chi connectivity index (χ3v) is 5.39. The SMILES string of the molecule is O=C(O[C@H]1CN2CCC1CC2)C(Nc1ccc(F)cc1)c1ccccc1.